The second kappa shape index (κ2) is 6.89. The fraction of sp³-hybridized carbons (Fsp3) is 0.529. The van der Waals surface area contributed by atoms with Crippen LogP contribution in [0.1, 0.15) is 37.7 Å². The SMILES string of the molecule is Cc1ccccc1-c1nnn(CC(=O)N(C)C2CCCCC2)n1. The number of benzene rings is 1. The standard InChI is InChI=1S/C17H23N5O/c1-13-8-6-7-11-15(13)17-18-20-22(19-17)12-16(23)21(2)14-9-4-3-5-10-14/h6-8,11,14H,3-5,9-10,12H2,1-2H3. The number of hydrogen-bond donors (Lipinski definition) is 0. The van der Waals surface area contributed by atoms with Crippen LogP contribution in [0.5, 0.6) is 0 Å². The molecule has 0 unspecified atom stereocenters. The molecule has 0 saturated heterocycles. The summed E-state index contributed by atoms with van der Waals surface area (Å²) >= 11 is 0. The summed E-state index contributed by atoms with van der Waals surface area (Å²) in [5.74, 6) is 0.613. The Morgan fingerprint density at radius 3 is 2.74 bits per heavy atom. The number of hydrogen-bond acceptors (Lipinski definition) is 4. The lowest BCUT2D eigenvalue weighted by molar-refractivity contribution is -0.133. The summed E-state index contributed by atoms with van der Waals surface area (Å²) in [5, 5.41) is 12.5. The minimum Gasteiger partial charge on any atom is -0.341 e. The van der Waals surface area contributed by atoms with Crippen LogP contribution in [0, 0.1) is 6.92 Å². The number of likely N-dealkylation sites (N-methyl/N-ethyl adjacent to an activating group) is 1. The molecule has 0 aliphatic heterocycles. The highest BCUT2D eigenvalue weighted by molar-refractivity contribution is 5.75. The molecule has 1 fully saturated rings. The first-order chi connectivity index (χ1) is 11.1. The molecule has 0 radical (unpaired) electrons. The maximum atomic E-state index is 12.4. The van der Waals surface area contributed by atoms with Crippen LogP contribution in [0.2, 0.25) is 0 Å². The molecule has 1 saturated carbocycles. The number of aryl methyl sites for hydroxylation is 1. The number of carbonyl (C=O) groups is 1. The van der Waals surface area contributed by atoms with E-state index in [4.69, 9.17) is 0 Å². The molecule has 1 aliphatic carbocycles. The summed E-state index contributed by atoms with van der Waals surface area (Å²) in [6.07, 6.45) is 5.90. The minimum absolute atomic E-state index is 0.0469. The molecule has 6 heteroatoms. The van der Waals surface area contributed by atoms with Gasteiger partial charge in [0, 0.05) is 18.7 Å². The smallest absolute Gasteiger partial charge is 0.246 e. The Labute approximate surface area is 136 Å². The summed E-state index contributed by atoms with van der Waals surface area (Å²) in [7, 11) is 1.89. The van der Waals surface area contributed by atoms with Gasteiger partial charge in [-0.2, -0.15) is 4.80 Å². The summed E-state index contributed by atoms with van der Waals surface area (Å²) in [4.78, 5) is 15.7. The highest BCUT2D eigenvalue weighted by Gasteiger charge is 2.22. The first kappa shape index (κ1) is 15.6. The van der Waals surface area contributed by atoms with Crippen molar-refractivity contribution in [1.29, 1.82) is 0 Å². The van der Waals surface area contributed by atoms with Crippen molar-refractivity contribution in [2.75, 3.05) is 7.05 Å². The summed E-state index contributed by atoms with van der Waals surface area (Å²) < 4.78 is 0. The van der Waals surface area contributed by atoms with Crippen LogP contribution in [0.25, 0.3) is 11.4 Å². The first-order valence-corrected chi connectivity index (χ1v) is 8.24. The molecule has 1 aromatic heterocycles. The second-order valence-electron chi connectivity index (χ2n) is 6.25. The Morgan fingerprint density at radius 2 is 2.00 bits per heavy atom. The Balaban J connectivity index is 1.66. The molecule has 3 rings (SSSR count). The lowest BCUT2D eigenvalue weighted by atomic mass is 9.94. The van der Waals surface area contributed by atoms with E-state index >= 15 is 0 Å². The van der Waals surface area contributed by atoms with Gasteiger partial charge in [-0.05, 0) is 30.5 Å². The van der Waals surface area contributed by atoms with Gasteiger partial charge in [-0.1, -0.05) is 43.5 Å². The predicted octanol–water partition coefficient (Wildman–Crippen LogP) is 2.44. The third-order valence-corrected chi connectivity index (χ3v) is 4.63. The van der Waals surface area contributed by atoms with Crippen molar-refractivity contribution >= 4 is 5.91 Å². The van der Waals surface area contributed by atoms with Crippen molar-refractivity contribution in [2.24, 2.45) is 0 Å². The molecule has 122 valence electrons. The highest BCUT2D eigenvalue weighted by Crippen LogP contribution is 2.22. The van der Waals surface area contributed by atoms with Gasteiger partial charge < -0.3 is 4.90 Å². The van der Waals surface area contributed by atoms with E-state index in [0.717, 1.165) is 24.0 Å². The van der Waals surface area contributed by atoms with Crippen LogP contribution in [-0.2, 0) is 11.3 Å². The van der Waals surface area contributed by atoms with Gasteiger partial charge in [0.2, 0.25) is 11.7 Å². The van der Waals surface area contributed by atoms with Crippen molar-refractivity contribution in [3.63, 3.8) is 0 Å². The van der Waals surface area contributed by atoms with E-state index in [0.29, 0.717) is 11.9 Å². The van der Waals surface area contributed by atoms with Crippen molar-refractivity contribution in [3.8, 4) is 11.4 Å². The van der Waals surface area contributed by atoms with Crippen molar-refractivity contribution in [3.05, 3.63) is 29.8 Å². The third-order valence-electron chi connectivity index (χ3n) is 4.63. The average Bonchev–Trinajstić information content (AvgIpc) is 3.03. The predicted molar refractivity (Wildman–Crippen MR) is 87.6 cm³/mol. The second-order valence-corrected chi connectivity index (χ2v) is 6.25. The summed E-state index contributed by atoms with van der Waals surface area (Å²) in [6, 6.07) is 8.26. The van der Waals surface area contributed by atoms with E-state index in [1.165, 1.54) is 24.1 Å². The summed E-state index contributed by atoms with van der Waals surface area (Å²) in [5.41, 5.74) is 2.05. The van der Waals surface area contributed by atoms with E-state index in [9.17, 15) is 4.79 Å². The highest BCUT2D eigenvalue weighted by atomic mass is 16.2. The Morgan fingerprint density at radius 1 is 1.26 bits per heavy atom. The number of tetrazole rings is 1. The van der Waals surface area contributed by atoms with Crippen LogP contribution in [0.3, 0.4) is 0 Å². The summed E-state index contributed by atoms with van der Waals surface area (Å²) in [6.45, 7) is 2.16. The molecule has 0 N–H and O–H groups in total. The lowest BCUT2D eigenvalue weighted by Gasteiger charge is -2.31. The maximum absolute atomic E-state index is 12.4. The molecule has 1 amide bonds. The molecule has 1 aliphatic rings. The van der Waals surface area contributed by atoms with Gasteiger partial charge in [0.15, 0.2) is 0 Å². The zero-order valence-electron chi connectivity index (χ0n) is 13.8. The van der Waals surface area contributed by atoms with Crippen LogP contribution in [-0.4, -0.2) is 44.1 Å². The van der Waals surface area contributed by atoms with Crippen molar-refractivity contribution < 1.29 is 4.79 Å². The number of nitrogens with zero attached hydrogens (tertiary/aromatic N) is 5. The molecular weight excluding hydrogens is 290 g/mol. The molecule has 23 heavy (non-hydrogen) atoms. The van der Waals surface area contributed by atoms with Gasteiger partial charge in [-0.15, -0.1) is 10.2 Å². The van der Waals surface area contributed by atoms with Gasteiger partial charge in [0.1, 0.15) is 6.54 Å². The Kier molecular flexibility index (Phi) is 4.69. The number of carbonyl (C=O) groups excluding carboxylic acids is 1. The van der Waals surface area contributed by atoms with Crippen LogP contribution in [0.15, 0.2) is 24.3 Å². The van der Waals surface area contributed by atoms with Gasteiger partial charge in [0.05, 0.1) is 0 Å². The fourth-order valence-electron chi connectivity index (χ4n) is 3.15. The van der Waals surface area contributed by atoms with Gasteiger partial charge in [-0.3, -0.25) is 4.79 Å². The number of amides is 1. The third kappa shape index (κ3) is 3.57. The topological polar surface area (TPSA) is 63.9 Å². The normalized spacial score (nSPS) is 15.6. The number of rotatable bonds is 4. The van der Waals surface area contributed by atoms with Gasteiger partial charge in [0.25, 0.3) is 0 Å². The largest absolute Gasteiger partial charge is 0.341 e. The maximum Gasteiger partial charge on any atom is 0.246 e. The number of aromatic nitrogens is 4. The average molecular weight is 313 g/mol. The van der Waals surface area contributed by atoms with Gasteiger partial charge >= 0.3 is 0 Å². The molecule has 0 atom stereocenters. The zero-order chi connectivity index (χ0) is 16.2. The quantitative estimate of drug-likeness (QED) is 0.869. The van der Waals surface area contributed by atoms with E-state index < -0.39 is 0 Å². The molecule has 2 aromatic rings. The lowest BCUT2D eigenvalue weighted by Crippen LogP contribution is -2.40. The van der Waals surface area contributed by atoms with E-state index in [2.05, 4.69) is 15.4 Å². The molecular formula is C17H23N5O. The molecule has 1 aromatic carbocycles. The molecule has 1 heterocycles. The van der Waals surface area contributed by atoms with Crippen LogP contribution >= 0.6 is 0 Å². The molecule has 0 spiro atoms. The fourth-order valence-corrected chi connectivity index (χ4v) is 3.15. The van der Waals surface area contributed by atoms with Crippen LogP contribution < -0.4 is 0 Å². The van der Waals surface area contributed by atoms with Crippen molar-refractivity contribution in [2.45, 2.75) is 51.6 Å². The Hall–Kier alpha value is -2.24. The zero-order valence-corrected chi connectivity index (χ0v) is 13.8. The Bertz CT molecular complexity index is 675. The van der Waals surface area contributed by atoms with Gasteiger partial charge in [-0.25, -0.2) is 0 Å². The monoisotopic (exact) mass is 313 g/mol. The molecule has 0 bridgehead atoms. The van der Waals surface area contributed by atoms with E-state index in [-0.39, 0.29) is 12.5 Å². The van der Waals surface area contributed by atoms with E-state index in [1.807, 2.05) is 43.1 Å². The first-order valence-electron chi connectivity index (χ1n) is 8.24. The molecule has 6 nitrogen and oxygen atoms in total. The van der Waals surface area contributed by atoms with E-state index in [1.54, 1.807) is 0 Å². The minimum atomic E-state index is 0.0469. The van der Waals surface area contributed by atoms with Crippen molar-refractivity contribution in [1.82, 2.24) is 25.1 Å². The van der Waals surface area contributed by atoms with Crippen LogP contribution in [0.4, 0.5) is 0 Å².